The van der Waals surface area contributed by atoms with Crippen molar-refractivity contribution < 1.29 is 0 Å². The first kappa shape index (κ1) is 7.61. The lowest BCUT2D eigenvalue weighted by atomic mass is 9.73. The second-order valence-corrected chi connectivity index (χ2v) is 4.56. The average Bonchev–Trinajstić information content (AvgIpc) is 2.61. The van der Waals surface area contributed by atoms with Gasteiger partial charge in [-0.2, -0.15) is 0 Å². The Bertz CT molecular complexity index is 304. The molecule has 3 aliphatic carbocycles. The third-order valence-corrected chi connectivity index (χ3v) is 3.74. The van der Waals surface area contributed by atoms with E-state index in [1.807, 2.05) is 0 Å². The van der Waals surface area contributed by atoms with E-state index in [0.717, 1.165) is 11.8 Å². The van der Waals surface area contributed by atoms with Crippen LogP contribution in [0.4, 0.5) is 0 Å². The van der Waals surface area contributed by atoms with Gasteiger partial charge in [0.25, 0.3) is 0 Å². The molecule has 0 saturated heterocycles. The normalized spacial score (nSPS) is 36.3. The van der Waals surface area contributed by atoms with Gasteiger partial charge < -0.3 is 0 Å². The largest absolute Gasteiger partial charge is 0.0770 e. The molecular weight excluding hydrogens is 156 g/mol. The van der Waals surface area contributed by atoms with E-state index in [2.05, 4.69) is 24.3 Å². The molecule has 3 rings (SSSR count). The molecule has 0 N–H and O–H groups in total. The molecule has 0 aromatic heterocycles. The van der Waals surface area contributed by atoms with Crippen molar-refractivity contribution in [1.82, 2.24) is 0 Å². The number of hydrogen-bond acceptors (Lipinski definition) is 0. The minimum absolute atomic E-state index is 0.770. The molecular formula is C13H16. The van der Waals surface area contributed by atoms with E-state index >= 15 is 0 Å². The second kappa shape index (κ2) is 2.87. The van der Waals surface area contributed by atoms with Crippen LogP contribution in [0, 0.1) is 11.8 Å². The maximum Gasteiger partial charge on any atom is 0.00267 e. The van der Waals surface area contributed by atoms with Crippen molar-refractivity contribution in [1.29, 1.82) is 0 Å². The first-order valence-electron chi connectivity index (χ1n) is 5.52. The maximum atomic E-state index is 2.48. The van der Waals surface area contributed by atoms with Gasteiger partial charge >= 0.3 is 0 Å². The van der Waals surface area contributed by atoms with Crippen LogP contribution in [0.5, 0.6) is 0 Å². The Hall–Kier alpha value is -0.780. The Balaban J connectivity index is 1.93. The van der Waals surface area contributed by atoms with E-state index in [9.17, 15) is 0 Å². The summed E-state index contributed by atoms with van der Waals surface area (Å²) in [6.07, 6.45) is 16.5. The Kier molecular flexibility index (Phi) is 1.68. The first-order chi connectivity index (χ1) is 6.43. The van der Waals surface area contributed by atoms with Crippen molar-refractivity contribution in [3.05, 3.63) is 35.5 Å². The van der Waals surface area contributed by atoms with Gasteiger partial charge in [0, 0.05) is 5.92 Å². The minimum Gasteiger partial charge on any atom is -0.0770 e. The van der Waals surface area contributed by atoms with Gasteiger partial charge in [0.15, 0.2) is 0 Å². The molecule has 0 heterocycles. The van der Waals surface area contributed by atoms with Gasteiger partial charge in [0.2, 0.25) is 0 Å². The Morgan fingerprint density at radius 1 is 1.23 bits per heavy atom. The topological polar surface area (TPSA) is 0 Å². The Morgan fingerprint density at radius 2 is 2.23 bits per heavy atom. The summed E-state index contributed by atoms with van der Waals surface area (Å²) in [7, 11) is 0. The zero-order chi connectivity index (χ0) is 8.67. The van der Waals surface area contributed by atoms with Gasteiger partial charge in [0.05, 0.1) is 0 Å². The number of fused-ring (bicyclic) bond motifs is 2. The predicted molar refractivity (Wildman–Crippen MR) is 55.4 cm³/mol. The molecule has 2 unspecified atom stereocenters. The van der Waals surface area contributed by atoms with Crippen LogP contribution in [0.1, 0.15) is 32.1 Å². The SMILES string of the molecule is C1=CC2CC3CCCCC3=CC2=C1. The molecule has 2 atom stereocenters. The van der Waals surface area contributed by atoms with Crippen LogP contribution in [-0.2, 0) is 0 Å². The zero-order valence-electron chi connectivity index (χ0n) is 8.00. The molecule has 0 aromatic rings. The van der Waals surface area contributed by atoms with Crippen molar-refractivity contribution in [2.75, 3.05) is 0 Å². The lowest BCUT2D eigenvalue weighted by molar-refractivity contribution is 0.391. The van der Waals surface area contributed by atoms with Crippen LogP contribution in [0.25, 0.3) is 0 Å². The number of hydrogen-bond donors (Lipinski definition) is 0. The molecule has 1 saturated carbocycles. The fraction of sp³-hybridized carbons (Fsp3) is 0.538. The fourth-order valence-corrected chi connectivity index (χ4v) is 2.99. The van der Waals surface area contributed by atoms with Crippen molar-refractivity contribution in [2.24, 2.45) is 11.8 Å². The monoisotopic (exact) mass is 172 g/mol. The van der Waals surface area contributed by atoms with Crippen LogP contribution >= 0.6 is 0 Å². The van der Waals surface area contributed by atoms with Crippen LogP contribution in [0.2, 0.25) is 0 Å². The molecule has 13 heavy (non-hydrogen) atoms. The van der Waals surface area contributed by atoms with Gasteiger partial charge in [-0.1, -0.05) is 36.3 Å². The Morgan fingerprint density at radius 3 is 3.23 bits per heavy atom. The molecule has 3 aliphatic rings. The van der Waals surface area contributed by atoms with Gasteiger partial charge in [-0.25, -0.2) is 0 Å². The van der Waals surface area contributed by atoms with E-state index in [1.165, 1.54) is 32.1 Å². The van der Waals surface area contributed by atoms with Crippen molar-refractivity contribution in [3.63, 3.8) is 0 Å². The zero-order valence-corrected chi connectivity index (χ0v) is 8.00. The molecule has 0 aromatic carbocycles. The van der Waals surface area contributed by atoms with Crippen LogP contribution in [0.15, 0.2) is 35.5 Å². The molecule has 0 amide bonds. The second-order valence-electron chi connectivity index (χ2n) is 4.56. The lowest BCUT2D eigenvalue weighted by Gasteiger charge is -2.32. The van der Waals surface area contributed by atoms with Gasteiger partial charge in [-0.05, 0) is 37.2 Å². The summed E-state index contributed by atoms with van der Waals surface area (Å²) in [5.41, 5.74) is 3.32. The molecule has 0 heteroatoms. The van der Waals surface area contributed by atoms with E-state index in [-0.39, 0.29) is 0 Å². The van der Waals surface area contributed by atoms with Crippen molar-refractivity contribution in [3.8, 4) is 0 Å². The average molecular weight is 172 g/mol. The molecule has 1 fully saturated rings. The highest BCUT2D eigenvalue weighted by molar-refractivity contribution is 5.41. The number of allylic oxidation sites excluding steroid dienone is 6. The van der Waals surface area contributed by atoms with E-state index < -0.39 is 0 Å². The third kappa shape index (κ3) is 1.20. The van der Waals surface area contributed by atoms with Crippen LogP contribution in [0.3, 0.4) is 0 Å². The quantitative estimate of drug-likeness (QED) is 0.523. The smallest absolute Gasteiger partial charge is 0.00267 e. The summed E-state index contributed by atoms with van der Waals surface area (Å²) < 4.78 is 0. The van der Waals surface area contributed by atoms with Crippen molar-refractivity contribution >= 4 is 0 Å². The van der Waals surface area contributed by atoms with E-state index in [1.54, 1.807) is 11.1 Å². The Labute approximate surface area is 80.0 Å². The molecule has 0 bridgehead atoms. The number of rotatable bonds is 0. The maximum absolute atomic E-state index is 2.48. The van der Waals surface area contributed by atoms with Gasteiger partial charge in [0.1, 0.15) is 0 Å². The van der Waals surface area contributed by atoms with Gasteiger partial charge in [-0.3, -0.25) is 0 Å². The van der Waals surface area contributed by atoms with Crippen molar-refractivity contribution in [2.45, 2.75) is 32.1 Å². The minimum atomic E-state index is 0.770. The highest BCUT2D eigenvalue weighted by Crippen LogP contribution is 2.42. The summed E-state index contributed by atoms with van der Waals surface area (Å²) in [6.45, 7) is 0. The highest BCUT2D eigenvalue weighted by Gasteiger charge is 2.28. The predicted octanol–water partition coefficient (Wildman–Crippen LogP) is 3.62. The standard InChI is InChI=1S/C13H16/c1-2-5-11-9-13-7-3-6-12(13)8-10(11)4-1/h3,6-8,11,13H,1-2,4-5,9H2. The van der Waals surface area contributed by atoms with Gasteiger partial charge in [-0.15, -0.1) is 0 Å². The lowest BCUT2D eigenvalue weighted by Crippen LogP contribution is -2.18. The van der Waals surface area contributed by atoms with E-state index in [4.69, 9.17) is 0 Å². The molecule has 0 nitrogen and oxygen atoms in total. The summed E-state index contributed by atoms with van der Waals surface area (Å²) in [5.74, 6) is 1.70. The van der Waals surface area contributed by atoms with Crippen LogP contribution in [-0.4, -0.2) is 0 Å². The summed E-state index contributed by atoms with van der Waals surface area (Å²) >= 11 is 0. The van der Waals surface area contributed by atoms with E-state index in [0.29, 0.717) is 0 Å². The summed E-state index contributed by atoms with van der Waals surface area (Å²) in [4.78, 5) is 0. The third-order valence-electron chi connectivity index (χ3n) is 3.74. The molecule has 68 valence electrons. The molecule has 0 aliphatic heterocycles. The fourth-order valence-electron chi connectivity index (χ4n) is 2.99. The molecule has 0 spiro atoms. The summed E-state index contributed by atoms with van der Waals surface area (Å²) in [6, 6.07) is 0. The summed E-state index contributed by atoms with van der Waals surface area (Å²) in [5, 5.41) is 0. The molecule has 0 radical (unpaired) electrons. The highest BCUT2D eigenvalue weighted by atomic mass is 14.3. The van der Waals surface area contributed by atoms with Crippen LogP contribution < -0.4 is 0 Å². The first-order valence-corrected chi connectivity index (χ1v) is 5.52.